The number of ether oxygens (including phenoxy) is 2. The fraction of sp³-hybridized carbons (Fsp3) is 0.300. The average molecular weight is 368 g/mol. The van der Waals surface area contributed by atoms with Gasteiger partial charge in [-0.3, -0.25) is 0 Å². The summed E-state index contributed by atoms with van der Waals surface area (Å²) in [5.74, 6) is 1.25. The quantitative estimate of drug-likeness (QED) is 0.815. The molecule has 2 aromatic carbocycles. The van der Waals surface area contributed by atoms with E-state index in [1.165, 1.54) is 5.01 Å². The largest absolute Gasteiger partial charge is 0.493 e. The van der Waals surface area contributed by atoms with Gasteiger partial charge >= 0.3 is 6.03 Å². The normalized spacial score (nSPS) is 16.1. The monoisotopic (exact) mass is 368 g/mol. The number of nitrogen functional groups attached to an aromatic ring is 1. The number of methoxy groups -OCH3 is 2. The molecule has 1 atom stereocenters. The maximum atomic E-state index is 12.4. The summed E-state index contributed by atoms with van der Waals surface area (Å²) in [7, 11) is 4.79. The maximum Gasteiger partial charge on any atom is 0.337 e. The molecule has 1 heterocycles. The van der Waals surface area contributed by atoms with Crippen LogP contribution in [-0.4, -0.2) is 44.1 Å². The Hall–Kier alpha value is -3.22. The molecule has 7 nitrogen and oxygen atoms in total. The van der Waals surface area contributed by atoms with Crippen molar-refractivity contribution in [3.63, 3.8) is 0 Å². The van der Waals surface area contributed by atoms with Gasteiger partial charge in [0.1, 0.15) is 0 Å². The lowest BCUT2D eigenvalue weighted by Gasteiger charge is -2.22. The van der Waals surface area contributed by atoms with Crippen LogP contribution < -0.4 is 20.5 Å². The van der Waals surface area contributed by atoms with Gasteiger partial charge in [0.25, 0.3) is 0 Å². The van der Waals surface area contributed by atoms with E-state index in [1.807, 2.05) is 43.3 Å². The van der Waals surface area contributed by atoms with Gasteiger partial charge in [-0.25, -0.2) is 9.80 Å². The minimum absolute atomic E-state index is 0.139. The van der Waals surface area contributed by atoms with Gasteiger partial charge in [0.15, 0.2) is 11.5 Å². The molecular formula is C20H24N4O3. The first-order valence-corrected chi connectivity index (χ1v) is 8.69. The second-order valence-electron chi connectivity index (χ2n) is 6.39. The Morgan fingerprint density at radius 2 is 1.93 bits per heavy atom. The summed E-state index contributed by atoms with van der Waals surface area (Å²) in [5, 5.41) is 8.82. The van der Waals surface area contributed by atoms with Crippen molar-refractivity contribution < 1.29 is 14.3 Å². The molecule has 142 valence electrons. The van der Waals surface area contributed by atoms with Gasteiger partial charge < -0.3 is 20.5 Å². The zero-order chi connectivity index (χ0) is 19.6. The number of hydrazone groups is 1. The molecule has 7 heteroatoms. The summed E-state index contributed by atoms with van der Waals surface area (Å²) in [6, 6.07) is 10.9. The summed E-state index contributed by atoms with van der Waals surface area (Å²) >= 11 is 0. The fourth-order valence-electron chi connectivity index (χ4n) is 3.23. The Morgan fingerprint density at radius 1 is 1.22 bits per heavy atom. The van der Waals surface area contributed by atoms with Crippen molar-refractivity contribution in [2.45, 2.75) is 19.4 Å². The van der Waals surface area contributed by atoms with Crippen molar-refractivity contribution >= 4 is 17.4 Å². The number of rotatable bonds is 3. The summed E-state index contributed by atoms with van der Waals surface area (Å²) in [6.07, 6.45) is 0.623. The third kappa shape index (κ3) is 3.53. The highest BCUT2D eigenvalue weighted by Gasteiger charge is 2.28. The van der Waals surface area contributed by atoms with Crippen molar-refractivity contribution in [1.29, 1.82) is 0 Å². The van der Waals surface area contributed by atoms with E-state index in [9.17, 15) is 4.79 Å². The molecule has 0 saturated carbocycles. The summed E-state index contributed by atoms with van der Waals surface area (Å²) in [4.78, 5) is 12.4. The van der Waals surface area contributed by atoms with E-state index >= 15 is 0 Å². The number of hydrogen-bond donors (Lipinski definition) is 2. The van der Waals surface area contributed by atoms with E-state index in [-0.39, 0.29) is 12.1 Å². The molecule has 1 aliphatic heterocycles. The molecule has 0 aliphatic carbocycles. The second-order valence-corrected chi connectivity index (χ2v) is 6.39. The number of nitrogens with one attached hydrogen (secondary N) is 1. The number of amides is 2. The van der Waals surface area contributed by atoms with Gasteiger partial charge in [-0.05, 0) is 43.2 Å². The van der Waals surface area contributed by atoms with Crippen LogP contribution in [0, 0.1) is 0 Å². The molecule has 3 N–H and O–H groups in total. The van der Waals surface area contributed by atoms with Crippen molar-refractivity contribution in [1.82, 2.24) is 10.3 Å². The first-order valence-electron chi connectivity index (χ1n) is 8.69. The fourth-order valence-corrected chi connectivity index (χ4v) is 3.23. The van der Waals surface area contributed by atoms with Crippen molar-refractivity contribution in [3.05, 3.63) is 53.1 Å². The lowest BCUT2D eigenvalue weighted by atomic mass is 9.94. The summed E-state index contributed by atoms with van der Waals surface area (Å²) in [5.41, 5.74) is 10.00. The highest BCUT2D eigenvalue weighted by molar-refractivity contribution is 6.14. The van der Waals surface area contributed by atoms with Crippen molar-refractivity contribution in [2.75, 3.05) is 27.0 Å². The number of benzene rings is 2. The number of nitrogens with two attached hydrogens (primary N) is 1. The van der Waals surface area contributed by atoms with Crippen LogP contribution >= 0.6 is 0 Å². The predicted molar refractivity (Wildman–Crippen MR) is 106 cm³/mol. The van der Waals surface area contributed by atoms with Crippen LogP contribution in [-0.2, 0) is 6.42 Å². The molecule has 0 saturated heterocycles. The Kier molecular flexibility index (Phi) is 5.21. The zero-order valence-corrected chi connectivity index (χ0v) is 15.9. The molecule has 1 aliphatic rings. The molecule has 2 aromatic rings. The molecule has 0 bridgehead atoms. The molecular weight excluding hydrogens is 344 g/mol. The third-order valence-corrected chi connectivity index (χ3v) is 4.59. The number of hydrogen-bond acceptors (Lipinski definition) is 5. The topological polar surface area (TPSA) is 89.2 Å². The predicted octanol–water partition coefficient (Wildman–Crippen LogP) is 2.62. The van der Waals surface area contributed by atoms with Gasteiger partial charge in [0, 0.05) is 23.9 Å². The Balaban J connectivity index is 2.26. The second kappa shape index (κ2) is 7.57. The number of carbonyl (C=O) groups is 1. The smallest absolute Gasteiger partial charge is 0.337 e. The first kappa shape index (κ1) is 18.6. The molecule has 0 radical (unpaired) electrons. The van der Waals surface area contributed by atoms with Crippen molar-refractivity contribution in [2.24, 2.45) is 5.10 Å². The van der Waals surface area contributed by atoms with Crippen LogP contribution in [0.1, 0.15) is 23.6 Å². The Morgan fingerprint density at radius 3 is 2.56 bits per heavy atom. The maximum absolute atomic E-state index is 12.4. The standard InChI is InChI=1S/C20H24N4O3/c1-12-8-14-10-17(26-3)18(27-4)11-16(14)19(23-24(12)20(25)22-2)13-6-5-7-15(21)9-13/h5-7,9-12H,8,21H2,1-4H3,(H,22,25). The number of anilines is 1. The number of fused-ring (bicyclic) bond motifs is 1. The SMILES string of the molecule is CNC(=O)N1N=C(c2cccc(N)c2)c2cc(OC)c(OC)cc2CC1C. The minimum Gasteiger partial charge on any atom is -0.493 e. The van der Waals surface area contributed by atoms with Crippen LogP contribution in [0.15, 0.2) is 41.5 Å². The summed E-state index contributed by atoms with van der Waals surface area (Å²) < 4.78 is 10.9. The van der Waals surface area contributed by atoms with Gasteiger partial charge in [-0.1, -0.05) is 12.1 Å². The molecule has 2 amide bonds. The number of carbonyl (C=O) groups excluding carboxylic acids is 1. The average Bonchev–Trinajstić information content (AvgIpc) is 2.81. The van der Waals surface area contributed by atoms with Crippen LogP contribution in [0.2, 0.25) is 0 Å². The van der Waals surface area contributed by atoms with Crippen LogP contribution in [0.5, 0.6) is 11.5 Å². The Labute approximate surface area is 158 Å². The van der Waals surface area contributed by atoms with E-state index in [1.54, 1.807) is 21.3 Å². The molecule has 27 heavy (non-hydrogen) atoms. The van der Waals surface area contributed by atoms with E-state index in [0.29, 0.717) is 29.3 Å². The molecule has 0 aromatic heterocycles. The molecule has 3 rings (SSSR count). The van der Waals surface area contributed by atoms with Gasteiger partial charge in [0.2, 0.25) is 0 Å². The van der Waals surface area contributed by atoms with E-state index in [2.05, 4.69) is 5.32 Å². The lowest BCUT2D eigenvalue weighted by molar-refractivity contribution is 0.184. The number of nitrogens with zero attached hydrogens (tertiary/aromatic N) is 2. The lowest BCUT2D eigenvalue weighted by Crippen LogP contribution is -2.41. The van der Waals surface area contributed by atoms with Gasteiger partial charge in [-0.2, -0.15) is 5.10 Å². The number of urea groups is 1. The van der Waals surface area contributed by atoms with Gasteiger partial charge in [0.05, 0.1) is 26.0 Å². The van der Waals surface area contributed by atoms with E-state index in [0.717, 1.165) is 16.7 Å². The Bertz CT molecular complexity index is 895. The third-order valence-electron chi connectivity index (χ3n) is 4.59. The highest BCUT2D eigenvalue weighted by atomic mass is 16.5. The molecule has 0 spiro atoms. The zero-order valence-electron chi connectivity index (χ0n) is 15.9. The summed E-state index contributed by atoms with van der Waals surface area (Å²) in [6.45, 7) is 1.96. The van der Waals surface area contributed by atoms with Gasteiger partial charge in [-0.15, -0.1) is 0 Å². The van der Waals surface area contributed by atoms with E-state index in [4.69, 9.17) is 20.3 Å². The molecule has 0 fully saturated rings. The van der Waals surface area contributed by atoms with E-state index < -0.39 is 0 Å². The molecule has 1 unspecified atom stereocenters. The first-order chi connectivity index (χ1) is 13.0. The van der Waals surface area contributed by atoms with Crippen LogP contribution in [0.3, 0.4) is 0 Å². The van der Waals surface area contributed by atoms with Crippen LogP contribution in [0.4, 0.5) is 10.5 Å². The minimum atomic E-state index is -0.268. The van der Waals surface area contributed by atoms with Crippen molar-refractivity contribution in [3.8, 4) is 11.5 Å². The van der Waals surface area contributed by atoms with Crippen LogP contribution in [0.25, 0.3) is 0 Å². The highest BCUT2D eigenvalue weighted by Crippen LogP contribution is 2.34.